The first-order valence-corrected chi connectivity index (χ1v) is 10.7. The third kappa shape index (κ3) is 6.25. The predicted octanol–water partition coefficient (Wildman–Crippen LogP) is 2.93. The lowest BCUT2D eigenvalue weighted by molar-refractivity contribution is -0.119. The Morgan fingerprint density at radius 1 is 1.17 bits per heavy atom. The Hall–Kier alpha value is -2.49. The Balaban J connectivity index is 2.15. The second kappa shape index (κ2) is 9.82. The summed E-state index contributed by atoms with van der Waals surface area (Å²) < 4.78 is 35.5. The van der Waals surface area contributed by atoms with E-state index in [1.54, 1.807) is 18.2 Å². The molecule has 0 bridgehead atoms. The summed E-state index contributed by atoms with van der Waals surface area (Å²) in [5.41, 5.74) is 2.96. The number of hydrogen-bond donors (Lipinski definition) is 1. The topological polar surface area (TPSA) is 97.3 Å². The van der Waals surface area contributed by atoms with Gasteiger partial charge in [0.25, 0.3) is 5.91 Å². The molecule has 8 nitrogen and oxygen atoms in total. The smallest absolute Gasteiger partial charge is 0.260 e. The van der Waals surface area contributed by atoms with E-state index in [9.17, 15) is 13.2 Å². The minimum atomic E-state index is -3.80. The molecule has 0 saturated carbocycles. The number of benzene rings is 2. The van der Waals surface area contributed by atoms with Crippen molar-refractivity contribution in [1.29, 1.82) is 0 Å². The van der Waals surface area contributed by atoms with Crippen molar-refractivity contribution in [2.24, 2.45) is 5.10 Å². The summed E-state index contributed by atoms with van der Waals surface area (Å²) >= 11 is 12.0. The van der Waals surface area contributed by atoms with Crippen LogP contribution >= 0.6 is 23.2 Å². The zero-order valence-corrected chi connectivity index (χ0v) is 18.2. The number of hydrazone groups is 1. The molecule has 2 rings (SSSR count). The number of carbonyl (C=O) groups excluding carboxylic acids is 1. The lowest BCUT2D eigenvalue weighted by atomic mass is 10.2. The molecular weight excluding hydrogens is 441 g/mol. The first kappa shape index (κ1) is 22.8. The lowest BCUT2D eigenvalue weighted by Gasteiger charge is -2.22. The molecule has 29 heavy (non-hydrogen) atoms. The number of halogens is 2. The number of rotatable bonds is 8. The summed E-state index contributed by atoms with van der Waals surface area (Å²) in [7, 11) is -0.784. The lowest BCUT2D eigenvalue weighted by Crippen LogP contribution is -2.39. The maximum Gasteiger partial charge on any atom is 0.260 e. The van der Waals surface area contributed by atoms with Crippen LogP contribution in [0.4, 0.5) is 5.69 Å². The summed E-state index contributed by atoms with van der Waals surface area (Å²) in [5, 5.41) is 4.27. The van der Waals surface area contributed by atoms with Crippen LogP contribution in [-0.2, 0) is 14.8 Å². The van der Waals surface area contributed by atoms with Crippen molar-refractivity contribution in [1.82, 2.24) is 5.43 Å². The van der Waals surface area contributed by atoms with Crippen LogP contribution in [0.2, 0.25) is 10.0 Å². The largest absolute Gasteiger partial charge is 0.497 e. The normalized spacial score (nSPS) is 11.3. The van der Waals surface area contributed by atoms with Crippen molar-refractivity contribution in [3.8, 4) is 11.5 Å². The van der Waals surface area contributed by atoms with Gasteiger partial charge >= 0.3 is 0 Å². The van der Waals surface area contributed by atoms with Crippen LogP contribution in [0, 0.1) is 0 Å². The van der Waals surface area contributed by atoms with Crippen LogP contribution in [0.3, 0.4) is 0 Å². The van der Waals surface area contributed by atoms with Crippen LogP contribution in [0.25, 0.3) is 0 Å². The first-order valence-electron chi connectivity index (χ1n) is 8.12. The fourth-order valence-electron chi connectivity index (χ4n) is 2.32. The highest BCUT2D eigenvalue weighted by Gasteiger charge is 2.23. The molecule has 0 unspecified atom stereocenters. The van der Waals surface area contributed by atoms with Gasteiger partial charge in [0.05, 0.1) is 37.4 Å². The van der Waals surface area contributed by atoms with Crippen LogP contribution < -0.4 is 19.2 Å². The molecule has 0 atom stereocenters. The van der Waals surface area contributed by atoms with Crippen molar-refractivity contribution in [3.05, 3.63) is 52.0 Å². The second-order valence-electron chi connectivity index (χ2n) is 5.77. The molecule has 0 aliphatic heterocycles. The number of hydrogen-bond acceptors (Lipinski definition) is 6. The molecule has 156 valence electrons. The molecule has 1 amide bonds. The quantitative estimate of drug-likeness (QED) is 0.483. The number of ether oxygens (including phenoxy) is 2. The van der Waals surface area contributed by atoms with Gasteiger partial charge in [0.15, 0.2) is 0 Å². The summed E-state index contributed by atoms with van der Waals surface area (Å²) in [6.45, 7) is -0.532. The Morgan fingerprint density at radius 2 is 1.90 bits per heavy atom. The molecule has 0 heterocycles. The third-order valence-corrected chi connectivity index (χ3v) is 5.38. The predicted molar refractivity (Wildman–Crippen MR) is 114 cm³/mol. The second-order valence-corrected chi connectivity index (χ2v) is 8.52. The maximum atomic E-state index is 12.3. The standard InChI is InChI=1S/C18H19Cl2N3O5S/c1-27-14-6-4-12(17(9-14)28-2)10-21-22-18(24)11-23(29(3,25)26)16-8-13(19)5-7-15(16)20/h4-10H,11H2,1-3H3,(H,22,24)/b21-10-. The highest BCUT2D eigenvalue weighted by Crippen LogP contribution is 2.30. The molecule has 0 aliphatic rings. The number of carbonyl (C=O) groups is 1. The summed E-state index contributed by atoms with van der Waals surface area (Å²) in [5.74, 6) is 0.422. The highest BCUT2D eigenvalue weighted by molar-refractivity contribution is 7.92. The molecule has 1 N–H and O–H groups in total. The number of nitrogens with zero attached hydrogens (tertiary/aromatic N) is 2. The van der Waals surface area contributed by atoms with Gasteiger partial charge in [0.1, 0.15) is 18.0 Å². The molecule has 0 saturated heterocycles. The highest BCUT2D eigenvalue weighted by atomic mass is 35.5. The maximum absolute atomic E-state index is 12.3. The molecular formula is C18H19Cl2N3O5S. The summed E-state index contributed by atoms with van der Waals surface area (Å²) in [6, 6.07) is 9.39. The summed E-state index contributed by atoms with van der Waals surface area (Å²) in [4.78, 5) is 12.3. The van der Waals surface area contributed by atoms with Gasteiger partial charge < -0.3 is 9.47 Å². The van der Waals surface area contributed by atoms with Crippen molar-refractivity contribution in [2.75, 3.05) is 31.3 Å². The fourth-order valence-corrected chi connectivity index (χ4v) is 3.62. The van der Waals surface area contributed by atoms with E-state index in [0.717, 1.165) is 10.6 Å². The zero-order chi connectivity index (χ0) is 21.6. The average Bonchev–Trinajstić information content (AvgIpc) is 2.67. The molecule has 2 aromatic carbocycles. The van der Waals surface area contributed by atoms with Crippen LogP contribution in [0.1, 0.15) is 5.56 Å². The zero-order valence-electron chi connectivity index (χ0n) is 15.8. The molecule has 11 heteroatoms. The van der Waals surface area contributed by atoms with Crippen LogP contribution in [0.5, 0.6) is 11.5 Å². The van der Waals surface area contributed by atoms with Gasteiger partial charge in [-0.25, -0.2) is 13.8 Å². The average molecular weight is 460 g/mol. The van der Waals surface area contributed by atoms with E-state index in [1.807, 2.05) is 0 Å². The van der Waals surface area contributed by atoms with E-state index < -0.39 is 22.5 Å². The molecule has 0 fully saturated rings. The minimum absolute atomic E-state index is 0.0950. The fraction of sp³-hybridized carbons (Fsp3) is 0.222. The first-order chi connectivity index (χ1) is 13.7. The number of nitrogens with one attached hydrogen (secondary N) is 1. The monoisotopic (exact) mass is 459 g/mol. The minimum Gasteiger partial charge on any atom is -0.497 e. The van der Waals surface area contributed by atoms with Gasteiger partial charge in [-0.1, -0.05) is 23.2 Å². The number of anilines is 1. The van der Waals surface area contributed by atoms with E-state index in [2.05, 4.69) is 10.5 Å². The van der Waals surface area contributed by atoms with Crippen molar-refractivity contribution in [2.45, 2.75) is 0 Å². The van der Waals surface area contributed by atoms with E-state index in [-0.39, 0.29) is 15.7 Å². The number of amides is 1. The Morgan fingerprint density at radius 3 is 2.52 bits per heavy atom. The molecule has 0 radical (unpaired) electrons. The molecule has 2 aromatic rings. The van der Waals surface area contributed by atoms with Crippen LogP contribution in [0.15, 0.2) is 41.5 Å². The van der Waals surface area contributed by atoms with Gasteiger partial charge in [0, 0.05) is 16.7 Å². The van der Waals surface area contributed by atoms with E-state index >= 15 is 0 Å². The summed E-state index contributed by atoms with van der Waals surface area (Å²) in [6.07, 6.45) is 2.33. The van der Waals surface area contributed by atoms with E-state index in [1.165, 1.54) is 38.6 Å². The Kier molecular flexibility index (Phi) is 7.72. The van der Waals surface area contributed by atoms with E-state index in [4.69, 9.17) is 32.7 Å². The van der Waals surface area contributed by atoms with Gasteiger partial charge in [-0.15, -0.1) is 0 Å². The van der Waals surface area contributed by atoms with Crippen molar-refractivity contribution >= 4 is 51.0 Å². The van der Waals surface area contributed by atoms with Gasteiger partial charge in [0.2, 0.25) is 10.0 Å². The van der Waals surface area contributed by atoms with Crippen LogP contribution in [-0.4, -0.2) is 47.6 Å². The van der Waals surface area contributed by atoms with Crippen molar-refractivity contribution < 1.29 is 22.7 Å². The van der Waals surface area contributed by atoms with E-state index in [0.29, 0.717) is 17.1 Å². The number of methoxy groups -OCH3 is 2. The molecule has 0 spiro atoms. The van der Waals surface area contributed by atoms with Gasteiger partial charge in [-0.2, -0.15) is 5.10 Å². The third-order valence-electron chi connectivity index (χ3n) is 3.70. The molecule has 0 aliphatic carbocycles. The van der Waals surface area contributed by atoms with Gasteiger partial charge in [-0.3, -0.25) is 9.10 Å². The Bertz CT molecular complexity index is 1030. The SMILES string of the molecule is COc1ccc(/C=N\NC(=O)CN(c2cc(Cl)ccc2Cl)S(C)(=O)=O)c(OC)c1. The van der Waals surface area contributed by atoms with Gasteiger partial charge in [-0.05, 0) is 30.3 Å². The van der Waals surface area contributed by atoms with Crippen molar-refractivity contribution in [3.63, 3.8) is 0 Å². The Labute approximate surface area is 179 Å². The number of sulfonamides is 1. The molecule has 0 aromatic heterocycles.